The lowest BCUT2D eigenvalue weighted by Gasteiger charge is -2.08. The predicted molar refractivity (Wildman–Crippen MR) is 53.8 cm³/mol. The topological polar surface area (TPSA) is 29.1 Å². The highest BCUT2D eigenvalue weighted by Gasteiger charge is 2.15. The van der Waals surface area contributed by atoms with Crippen molar-refractivity contribution in [3.05, 3.63) is 0 Å². The maximum atomic E-state index is 11.0. The maximum absolute atomic E-state index is 11.0. The van der Waals surface area contributed by atoms with Crippen LogP contribution >= 0.6 is 23.4 Å². The lowest BCUT2D eigenvalue weighted by Crippen LogP contribution is -2.29. The molecule has 0 aromatic heterocycles. The molecule has 70 valence electrons. The number of carbonyl (C=O) groups excluding carboxylic acids is 1. The van der Waals surface area contributed by atoms with Crippen molar-refractivity contribution in [3.63, 3.8) is 0 Å². The summed E-state index contributed by atoms with van der Waals surface area (Å²) >= 11 is 7.38. The summed E-state index contributed by atoms with van der Waals surface area (Å²) in [4.78, 5) is 11.0. The van der Waals surface area contributed by atoms with Crippen LogP contribution in [-0.2, 0) is 4.79 Å². The Hall–Kier alpha value is 0.110. The number of hydrogen-bond donors (Lipinski definition) is 1. The van der Waals surface area contributed by atoms with Gasteiger partial charge in [-0.2, -0.15) is 11.8 Å². The second kappa shape index (κ2) is 5.70. The molecule has 1 rings (SSSR count). The summed E-state index contributed by atoms with van der Waals surface area (Å²) in [5.41, 5.74) is 0. The third kappa shape index (κ3) is 3.68. The Bertz CT molecular complexity index is 148. The van der Waals surface area contributed by atoms with Gasteiger partial charge in [-0.1, -0.05) is 0 Å². The summed E-state index contributed by atoms with van der Waals surface area (Å²) in [6.07, 6.45) is 2.98. The van der Waals surface area contributed by atoms with E-state index in [0.29, 0.717) is 17.6 Å². The van der Waals surface area contributed by atoms with Gasteiger partial charge in [-0.05, 0) is 18.6 Å². The highest BCUT2D eigenvalue weighted by Crippen LogP contribution is 2.25. The van der Waals surface area contributed by atoms with Crippen molar-refractivity contribution in [1.82, 2.24) is 5.32 Å². The van der Waals surface area contributed by atoms with Crippen LogP contribution < -0.4 is 5.32 Å². The van der Waals surface area contributed by atoms with Crippen molar-refractivity contribution in [2.24, 2.45) is 0 Å². The van der Waals surface area contributed by atoms with E-state index in [2.05, 4.69) is 5.32 Å². The van der Waals surface area contributed by atoms with Gasteiger partial charge in [0.25, 0.3) is 0 Å². The standard InChI is InChI=1S/C8H14ClNOS/c9-4-3-8(11)10-6-7-2-1-5-12-7/h7H,1-6H2,(H,10,11). The zero-order chi connectivity index (χ0) is 8.81. The van der Waals surface area contributed by atoms with E-state index in [1.54, 1.807) is 0 Å². The van der Waals surface area contributed by atoms with Crippen LogP contribution in [0, 0.1) is 0 Å². The van der Waals surface area contributed by atoms with Gasteiger partial charge < -0.3 is 5.32 Å². The molecule has 1 amide bonds. The lowest BCUT2D eigenvalue weighted by atomic mass is 10.2. The van der Waals surface area contributed by atoms with Crippen LogP contribution in [0.15, 0.2) is 0 Å². The Balaban J connectivity index is 2.03. The number of hydrogen-bond acceptors (Lipinski definition) is 2. The van der Waals surface area contributed by atoms with Crippen molar-refractivity contribution in [2.45, 2.75) is 24.5 Å². The Morgan fingerprint density at radius 2 is 2.50 bits per heavy atom. The molecule has 0 spiro atoms. The Morgan fingerprint density at radius 1 is 1.67 bits per heavy atom. The minimum atomic E-state index is 0.0810. The molecule has 1 saturated heterocycles. The molecule has 0 radical (unpaired) electrons. The van der Waals surface area contributed by atoms with Gasteiger partial charge in [0.15, 0.2) is 0 Å². The molecule has 1 fully saturated rings. The number of rotatable bonds is 4. The SMILES string of the molecule is O=C(CCCl)NCC1CCCS1. The largest absolute Gasteiger partial charge is 0.355 e. The third-order valence-electron chi connectivity index (χ3n) is 1.87. The molecule has 4 heteroatoms. The highest BCUT2D eigenvalue weighted by molar-refractivity contribution is 8.00. The molecule has 0 aromatic rings. The van der Waals surface area contributed by atoms with Crippen LogP contribution in [0.1, 0.15) is 19.3 Å². The summed E-state index contributed by atoms with van der Waals surface area (Å²) in [6, 6.07) is 0. The van der Waals surface area contributed by atoms with Gasteiger partial charge in [0.05, 0.1) is 0 Å². The zero-order valence-electron chi connectivity index (χ0n) is 7.01. The van der Waals surface area contributed by atoms with E-state index in [-0.39, 0.29) is 5.91 Å². The number of alkyl halides is 1. The molecule has 1 atom stereocenters. The summed E-state index contributed by atoms with van der Waals surface area (Å²) in [5.74, 6) is 1.75. The third-order valence-corrected chi connectivity index (χ3v) is 3.46. The quantitative estimate of drug-likeness (QED) is 0.711. The van der Waals surface area contributed by atoms with Gasteiger partial charge in [-0.15, -0.1) is 11.6 Å². The number of carbonyl (C=O) groups is 1. The first kappa shape index (κ1) is 10.2. The Labute approximate surface area is 82.4 Å². The van der Waals surface area contributed by atoms with E-state index in [1.165, 1.54) is 18.6 Å². The van der Waals surface area contributed by atoms with Gasteiger partial charge in [0.2, 0.25) is 5.91 Å². The summed E-state index contributed by atoms with van der Waals surface area (Å²) in [7, 11) is 0. The number of thioether (sulfide) groups is 1. The molecule has 0 saturated carbocycles. The summed E-state index contributed by atoms with van der Waals surface area (Å²) in [5, 5.41) is 3.52. The van der Waals surface area contributed by atoms with Gasteiger partial charge in [-0.3, -0.25) is 4.79 Å². The molecular weight excluding hydrogens is 194 g/mol. The van der Waals surface area contributed by atoms with Crippen molar-refractivity contribution in [3.8, 4) is 0 Å². The van der Waals surface area contributed by atoms with Crippen molar-refractivity contribution in [2.75, 3.05) is 18.2 Å². The number of nitrogens with one attached hydrogen (secondary N) is 1. The monoisotopic (exact) mass is 207 g/mol. The maximum Gasteiger partial charge on any atom is 0.221 e. The minimum absolute atomic E-state index is 0.0810. The molecule has 0 aromatic carbocycles. The van der Waals surface area contributed by atoms with Gasteiger partial charge in [0, 0.05) is 24.1 Å². The van der Waals surface area contributed by atoms with Crippen LogP contribution in [0.3, 0.4) is 0 Å². The zero-order valence-corrected chi connectivity index (χ0v) is 8.59. The summed E-state index contributed by atoms with van der Waals surface area (Å²) in [6.45, 7) is 0.820. The van der Waals surface area contributed by atoms with E-state index >= 15 is 0 Å². The average molecular weight is 208 g/mol. The van der Waals surface area contributed by atoms with Crippen molar-refractivity contribution < 1.29 is 4.79 Å². The second-order valence-corrected chi connectivity index (χ2v) is 4.66. The Morgan fingerprint density at radius 3 is 3.08 bits per heavy atom. The van der Waals surface area contributed by atoms with Crippen LogP contribution in [-0.4, -0.2) is 29.3 Å². The van der Waals surface area contributed by atoms with Crippen LogP contribution in [0.5, 0.6) is 0 Å². The molecule has 1 N–H and O–H groups in total. The van der Waals surface area contributed by atoms with Gasteiger partial charge >= 0.3 is 0 Å². The van der Waals surface area contributed by atoms with E-state index in [0.717, 1.165) is 6.54 Å². The molecule has 12 heavy (non-hydrogen) atoms. The molecule has 0 bridgehead atoms. The lowest BCUT2D eigenvalue weighted by molar-refractivity contribution is -0.120. The predicted octanol–water partition coefficient (Wildman–Crippen LogP) is 1.63. The number of amides is 1. The first-order chi connectivity index (χ1) is 5.83. The molecular formula is C8H14ClNOS. The fourth-order valence-corrected chi connectivity index (χ4v) is 2.58. The molecule has 1 unspecified atom stereocenters. The number of halogens is 1. The van der Waals surface area contributed by atoms with Crippen LogP contribution in [0.25, 0.3) is 0 Å². The molecule has 1 aliphatic heterocycles. The normalized spacial score (nSPS) is 22.6. The van der Waals surface area contributed by atoms with E-state index in [1.807, 2.05) is 11.8 Å². The molecule has 0 aliphatic carbocycles. The Kier molecular flexibility index (Phi) is 4.84. The van der Waals surface area contributed by atoms with Crippen LogP contribution in [0.2, 0.25) is 0 Å². The van der Waals surface area contributed by atoms with Gasteiger partial charge in [0.1, 0.15) is 0 Å². The van der Waals surface area contributed by atoms with E-state index in [9.17, 15) is 4.79 Å². The average Bonchev–Trinajstić information content (AvgIpc) is 2.53. The molecule has 1 heterocycles. The molecule has 1 aliphatic rings. The van der Waals surface area contributed by atoms with Crippen molar-refractivity contribution >= 4 is 29.3 Å². The van der Waals surface area contributed by atoms with Crippen molar-refractivity contribution in [1.29, 1.82) is 0 Å². The molecule has 2 nitrogen and oxygen atoms in total. The minimum Gasteiger partial charge on any atom is -0.355 e. The first-order valence-electron chi connectivity index (χ1n) is 4.27. The second-order valence-electron chi connectivity index (χ2n) is 2.88. The fraction of sp³-hybridized carbons (Fsp3) is 0.875. The first-order valence-corrected chi connectivity index (χ1v) is 5.85. The fourth-order valence-electron chi connectivity index (χ4n) is 1.21. The smallest absolute Gasteiger partial charge is 0.221 e. The summed E-state index contributed by atoms with van der Waals surface area (Å²) < 4.78 is 0. The van der Waals surface area contributed by atoms with E-state index < -0.39 is 0 Å². The van der Waals surface area contributed by atoms with Gasteiger partial charge in [-0.25, -0.2) is 0 Å². The van der Waals surface area contributed by atoms with Crippen LogP contribution in [0.4, 0.5) is 0 Å². The van der Waals surface area contributed by atoms with E-state index in [4.69, 9.17) is 11.6 Å². The highest BCUT2D eigenvalue weighted by atomic mass is 35.5.